The first-order chi connectivity index (χ1) is 10.2. The number of rotatable bonds is 4. The Bertz CT molecular complexity index is 659. The van der Waals surface area contributed by atoms with Crippen molar-refractivity contribution in [2.45, 2.75) is 19.5 Å². The van der Waals surface area contributed by atoms with Crippen LogP contribution in [0.25, 0.3) is 5.76 Å². The molecule has 1 unspecified atom stereocenters. The number of ether oxygens (including phenoxy) is 1. The predicted octanol–water partition coefficient (Wildman–Crippen LogP) is 3.05. The fraction of sp³-hybridized carbons (Fsp3) is 0.167. The highest BCUT2D eigenvalue weighted by molar-refractivity contribution is 5.90. The van der Waals surface area contributed by atoms with Crippen molar-refractivity contribution in [1.82, 2.24) is 5.32 Å². The number of hydrogen-bond donors (Lipinski definition) is 1. The second-order valence-electron chi connectivity index (χ2n) is 5.16. The van der Waals surface area contributed by atoms with Gasteiger partial charge >= 0.3 is 5.97 Å². The molecule has 1 atom stereocenters. The summed E-state index contributed by atoms with van der Waals surface area (Å²) in [5.41, 5.74) is 3.25. The molecule has 1 aliphatic rings. The van der Waals surface area contributed by atoms with E-state index in [0.29, 0.717) is 12.3 Å². The SMILES string of the molecule is Cc1ccc(C2=CC(NCc3ccccc3)C(=O)O2)cc1. The first-order valence-electron chi connectivity index (χ1n) is 7.00. The molecule has 3 nitrogen and oxygen atoms in total. The molecule has 0 saturated heterocycles. The Kier molecular flexibility index (Phi) is 3.84. The Morgan fingerprint density at radius 2 is 1.76 bits per heavy atom. The highest BCUT2D eigenvalue weighted by atomic mass is 16.5. The number of hydrogen-bond acceptors (Lipinski definition) is 3. The molecule has 1 aliphatic heterocycles. The van der Waals surface area contributed by atoms with Gasteiger partial charge < -0.3 is 4.74 Å². The summed E-state index contributed by atoms with van der Waals surface area (Å²) >= 11 is 0. The highest BCUT2D eigenvalue weighted by Gasteiger charge is 2.27. The van der Waals surface area contributed by atoms with E-state index in [-0.39, 0.29) is 12.0 Å². The third-order valence-electron chi connectivity index (χ3n) is 3.49. The third kappa shape index (κ3) is 3.20. The van der Waals surface area contributed by atoms with Crippen LogP contribution < -0.4 is 5.32 Å². The van der Waals surface area contributed by atoms with Crippen LogP contribution in [0.1, 0.15) is 16.7 Å². The van der Waals surface area contributed by atoms with Gasteiger partial charge in [0.05, 0.1) is 0 Å². The molecule has 0 radical (unpaired) electrons. The van der Waals surface area contributed by atoms with Crippen molar-refractivity contribution in [3.05, 3.63) is 77.4 Å². The lowest BCUT2D eigenvalue weighted by atomic mass is 10.1. The molecule has 0 amide bonds. The van der Waals surface area contributed by atoms with Crippen LogP contribution in [0.5, 0.6) is 0 Å². The Balaban J connectivity index is 1.69. The molecule has 21 heavy (non-hydrogen) atoms. The van der Waals surface area contributed by atoms with Crippen molar-refractivity contribution in [3.8, 4) is 0 Å². The van der Waals surface area contributed by atoms with Gasteiger partial charge in [0, 0.05) is 12.1 Å². The molecule has 106 valence electrons. The molecular weight excluding hydrogens is 262 g/mol. The minimum absolute atomic E-state index is 0.249. The minimum atomic E-state index is -0.387. The lowest BCUT2D eigenvalue weighted by Crippen LogP contribution is -2.32. The first-order valence-corrected chi connectivity index (χ1v) is 7.00. The van der Waals surface area contributed by atoms with E-state index in [9.17, 15) is 4.79 Å². The van der Waals surface area contributed by atoms with Gasteiger partial charge in [0.2, 0.25) is 0 Å². The summed E-state index contributed by atoms with van der Waals surface area (Å²) in [6, 6.07) is 17.6. The number of benzene rings is 2. The molecule has 2 aromatic rings. The minimum Gasteiger partial charge on any atom is -0.425 e. The maximum Gasteiger partial charge on any atom is 0.332 e. The number of aryl methyl sites for hydroxylation is 1. The zero-order valence-corrected chi connectivity index (χ0v) is 11.9. The zero-order valence-electron chi connectivity index (χ0n) is 11.9. The Labute approximate surface area is 124 Å². The number of carbonyl (C=O) groups is 1. The van der Waals surface area contributed by atoms with E-state index < -0.39 is 0 Å². The number of esters is 1. The van der Waals surface area contributed by atoms with Gasteiger partial charge in [-0.1, -0.05) is 60.2 Å². The second kappa shape index (κ2) is 5.94. The third-order valence-corrected chi connectivity index (χ3v) is 3.49. The van der Waals surface area contributed by atoms with Crippen LogP contribution in [0, 0.1) is 6.92 Å². The molecule has 0 saturated carbocycles. The molecule has 3 rings (SSSR count). The standard InChI is InChI=1S/C18H17NO2/c1-13-7-9-15(10-8-13)17-11-16(18(20)21-17)19-12-14-5-3-2-4-6-14/h2-11,16,19H,12H2,1H3. The van der Waals surface area contributed by atoms with Crippen molar-refractivity contribution < 1.29 is 9.53 Å². The first kappa shape index (κ1) is 13.6. The van der Waals surface area contributed by atoms with Crippen molar-refractivity contribution in [2.24, 2.45) is 0 Å². The van der Waals surface area contributed by atoms with Crippen LogP contribution in [-0.4, -0.2) is 12.0 Å². The van der Waals surface area contributed by atoms with Crippen LogP contribution >= 0.6 is 0 Å². The molecular formula is C18H17NO2. The predicted molar refractivity (Wildman–Crippen MR) is 82.3 cm³/mol. The van der Waals surface area contributed by atoms with E-state index in [1.807, 2.05) is 67.6 Å². The summed E-state index contributed by atoms with van der Waals surface area (Å²) in [5.74, 6) is 0.382. The van der Waals surface area contributed by atoms with Gasteiger partial charge in [0.25, 0.3) is 0 Å². The molecule has 0 bridgehead atoms. The van der Waals surface area contributed by atoms with Crippen LogP contribution in [0.3, 0.4) is 0 Å². The topological polar surface area (TPSA) is 38.3 Å². The normalized spacial score (nSPS) is 17.5. The monoisotopic (exact) mass is 279 g/mol. The molecule has 0 aromatic heterocycles. The number of carbonyl (C=O) groups excluding carboxylic acids is 1. The fourth-order valence-corrected chi connectivity index (χ4v) is 2.26. The maximum absolute atomic E-state index is 11.9. The lowest BCUT2D eigenvalue weighted by Gasteiger charge is -2.07. The summed E-state index contributed by atoms with van der Waals surface area (Å²) in [4.78, 5) is 11.9. The van der Waals surface area contributed by atoms with Gasteiger partial charge in [-0.25, -0.2) is 4.79 Å². The van der Waals surface area contributed by atoms with Gasteiger partial charge in [0.15, 0.2) is 0 Å². The maximum atomic E-state index is 11.9. The van der Waals surface area contributed by atoms with Gasteiger partial charge in [-0.05, 0) is 18.6 Å². The van der Waals surface area contributed by atoms with Gasteiger partial charge in [0.1, 0.15) is 11.8 Å². The fourth-order valence-electron chi connectivity index (χ4n) is 2.26. The molecule has 0 spiro atoms. The Morgan fingerprint density at radius 3 is 2.48 bits per heavy atom. The van der Waals surface area contributed by atoms with Crippen molar-refractivity contribution in [3.63, 3.8) is 0 Å². The van der Waals surface area contributed by atoms with Crippen LogP contribution in [-0.2, 0) is 16.1 Å². The summed E-state index contributed by atoms with van der Waals surface area (Å²) in [7, 11) is 0. The van der Waals surface area contributed by atoms with Gasteiger partial charge in [-0.2, -0.15) is 0 Å². The smallest absolute Gasteiger partial charge is 0.332 e. The van der Waals surface area contributed by atoms with Gasteiger partial charge in [-0.15, -0.1) is 0 Å². The highest BCUT2D eigenvalue weighted by Crippen LogP contribution is 2.23. The van der Waals surface area contributed by atoms with E-state index in [1.165, 1.54) is 5.56 Å². The second-order valence-corrected chi connectivity index (χ2v) is 5.16. The summed E-state index contributed by atoms with van der Waals surface area (Å²) in [6.45, 7) is 2.67. The van der Waals surface area contributed by atoms with E-state index in [1.54, 1.807) is 0 Å². The summed E-state index contributed by atoms with van der Waals surface area (Å²) in [6.07, 6.45) is 1.84. The summed E-state index contributed by atoms with van der Waals surface area (Å²) in [5, 5.41) is 3.21. The quantitative estimate of drug-likeness (QED) is 0.874. The molecule has 3 heteroatoms. The summed E-state index contributed by atoms with van der Waals surface area (Å²) < 4.78 is 5.35. The Morgan fingerprint density at radius 1 is 1.05 bits per heavy atom. The van der Waals surface area contributed by atoms with E-state index in [4.69, 9.17) is 4.74 Å². The van der Waals surface area contributed by atoms with Crippen LogP contribution in [0.4, 0.5) is 0 Å². The molecule has 0 fully saturated rings. The van der Waals surface area contributed by atoms with Crippen LogP contribution in [0.15, 0.2) is 60.7 Å². The van der Waals surface area contributed by atoms with Gasteiger partial charge in [-0.3, -0.25) is 5.32 Å². The van der Waals surface area contributed by atoms with E-state index >= 15 is 0 Å². The molecule has 1 heterocycles. The largest absolute Gasteiger partial charge is 0.425 e. The van der Waals surface area contributed by atoms with Crippen molar-refractivity contribution >= 4 is 11.7 Å². The average molecular weight is 279 g/mol. The molecule has 0 aliphatic carbocycles. The molecule has 2 aromatic carbocycles. The van der Waals surface area contributed by atoms with Crippen molar-refractivity contribution in [1.29, 1.82) is 0 Å². The van der Waals surface area contributed by atoms with E-state index in [0.717, 1.165) is 11.1 Å². The van der Waals surface area contributed by atoms with Crippen molar-refractivity contribution in [2.75, 3.05) is 0 Å². The van der Waals surface area contributed by atoms with Crippen LogP contribution in [0.2, 0.25) is 0 Å². The molecule has 1 N–H and O–H groups in total. The Hall–Kier alpha value is -2.39. The number of nitrogens with one attached hydrogen (secondary N) is 1. The van der Waals surface area contributed by atoms with E-state index in [2.05, 4.69) is 5.32 Å². The number of cyclic esters (lactones) is 1. The zero-order chi connectivity index (χ0) is 14.7. The average Bonchev–Trinajstić information content (AvgIpc) is 2.88. The lowest BCUT2D eigenvalue weighted by molar-refractivity contribution is -0.136.